The van der Waals surface area contributed by atoms with E-state index in [1.165, 1.54) is 4.90 Å². The van der Waals surface area contributed by atoms with Crippen molar-refractivity contribution in [2.75, 3.05) is 30.3 Å². The van der Waals surface area contributed by atoms with Gasteiger partial charge in [-0.1, -0.05) is 29.8 Å². The number of ketones is 1. The van der Waals surface area contributed by atoms with Crippen molar-refractivity contribution in [1.82, 2.24) is 9.88 Å². The topological polar surface area (TPSA) is 114 Å². The molecule has 8 nitrogen and oxygen atoms in total. The van der Waals surface area contributed by atoms with Crippen LogP contribution in [0.3, 0.4) is 0 Å². The van der Waals surface area contributed by atoms with E-state index in [0.717, 1.165) is 16.5 Å². The number of carbonyl (C=O) groups excluding carboxylic acids is 1. The number of benzene rings is 2. The highest BCUT2D eigenvalue weighted by atomic mass is 32.3. The van der Waals surface area contributed by atoms with E-state index in [1.54, 1.807) is 6.07 Å². The molecule has 184 valence electrons. The molecule has 2 aliphatic heterocycles. The zero-order chi connectivity index (χ0) is 24.7. The Bertz CT molecular complexity index is 1300. The fourth-order valence-electron chi connectivity index (χ4n) is 5.03. The first-order valence-electron chi connectivity index (χ1n) is 11.8. The number of carboxylic acid groups (broad SMARTS) is 1. The van der Waals surface area contributed by atoms with Gasteiger partial charge in [0.2, 0.25) is 0 Å². The lowest BCUT2D eigenvalue weighted by Gasteiger charge is -2.32. The lowest BCUT2D eigenvalue weighted by atomic mass is 9.87. The number of amides is 1. The molecule has 5 rings (SSSR count). The van der Waals surface area contributed by atoms with Gasteiger partial charge in [-0.25, -0.2) is 9.78 Å². The molecule has 2 aliphatic rings. The number of rotatable bonds is 3. The number of anilines is 1. The van der Waals surface area contributed by atoms with Crippen LogP contribution < -0.4 is 4.90 Å². The Balaban J connectivity index is 1.53. The SMILES string of the molecule is Cc1ccc2nc(N3CCS(O)(O)c4ccccc4C3)cc(C(=O)C3CCN(C(=O)O)CC3)c2c1. The highest BCUT2D eigenvalue weighted by Crippen LogP contribution is 2.51. The van der Waals surface area contributed by atoms with Crippen LogP contribution in [0.1, 0.15) is 34.3 Å². The number of piperidine rings is 1. The summed E-state index contributed by atoms with van der Waals surface area (Å²) >= 11 is 0. The Morgan fingerprint density at radius 2 is 1.77 bits per heavy atom. The molecule has 0 saturated carbocycles. The molecule has 1 fully saturated rings. The molecule has 2 aromatic carbocycles. The first-order valence-corrected chi connectivity index (χ1v) is 13.5. The molecule has 0 unspecified atom stereocenters. The first-order chi connectivity index (χ1) is 16.7. The van der Waals surface area contributed by atoms with Crippen LogP contribution in [0.25, 0.3) is 10.9 Å². The van der Waals surface area contributed by atoms with Gasteiger partial charge in [0.15, 0.2) is 5.78 Å². The predicted molar refractivity (Wildman–Crippen MR) is 137 cm³/mol. The average molecular weight is 496 g/mol. The number of aryl methyl sites for hydroxylation is 1. The average Bonchev–Trinajstić information content (AvgIpc) is 2.99. The van der Waals surface area contributed by atoms with Crippen LogP contribution in [-0.4, -0.2) is 61.4 Å². The van der Waals surface area contributed by atoms with E-state index in [1.807, 2.05) is 54.3 Å². The zero-order valence-electron chi connectivity index (χ0n) is 19.6. The number of hydrogen-bond donors (Lipinski definition) is 3. The van der Waals surface area contributed by atoms with Crippen LogP contribution >= 0.6 is 10.6 Å². The van der Waals surface area contributed by atoms with Gasteiger partial charge in [-0.3, -0.25) is 13.9 Å². The molecular formula is C26H29N3O5S. The highest BCUT2D eigenvalue weighted by Gasteiger charge is 2.31. The van der Waals surface area contributed by atoms with Gasteiger partial charge in [-0.05, 0) is 49.6 Å². The lowest BCUT2D eigenvalue weighted by molar-refractivity contribution is 0.0823. The van der Waals surface area contributed by atoms with E-state index in [2.05, 4.69) is 0 Å². The van der Waals surface area contributed by atoms with E-state index in [0.29, 0.717) is 60.8 Å². The Kier molecular flexibility index (Phi) is 6.16. The van der Waals surface area contributed by atoms with Gasteiger partial charge in [0.05, 0.1) is 16.2 Å². The molecule has 35 heavy (non-hydrogen) atoms. The molecule has 0 aliphatic carbocycles. The van der Waals surface area contributed by atoms with Crippen molar-refractivity contribution >= 4 is 39.2 Å². The van der Waals surface area contributed by atoms with Crippen molar-refractivity contribution in [1.29, 1.82) is 0 Å². The van der Waals surface area contributed by atoms with Crippen molar-refractivity contribution < 1.29 is 23.8 Å². The maximum absolute atomic E-state index is 13.7. The third-order valence-corrected chi connectivity index (χ3v) is 8.86. The lowest BCUT2D eigenvalue weighted by Crippen LogP contribution is -2.39. The molecule has 0 bridgehead atoms. The smallest absolute Gasteiger partial charge is 0.407 e. The normalized spacial score (nSPS) is 19.2. The molecule has 1 aromatic heterocycles. The van der Waals surface area contributed by atoms with Crippen LogP contribution in [0, 0.1) is 12.8 Å². The number of nitrogens with zero attached hydrogens (tertiary/aromatic N) is 3. The van der Waals surface area contributed by atoms with Crippen molar-refractivity contribution in [3.63, 3.8) is 0 Å². The molecule has 3 heterocycles. The van der Waals surface area contributed by atoms with Crippen molar-refractivity contribution in [3.05, 3.63) is 65.2 Å². The van der Waals surface area contributed by atoms with Gasteiger partial charge in [0.25, 0.3) is 0 Å². The van der Waals surface area contributed by atoms with E-state index < -0.39 is 16.7 Å². The minimum absolute atomic E-state index is 0.00815. The Morgan fingerprint density at radius 1 is 1.03 bits per heavy atom. The van der Waals surface area contributed by atoms with Crippen LogP contribution in [0.2, 0.25) is 0 Å². The van der Waals surface area contributed by atoms with E-state index >= 15 is 0 Å². The highest BCUT2D eigenvalue weighted by molar-refractivity contribution is 8.24. The fourth-order valence-corrected chi connectivity index (χ4v) is 6.57. The molecule has 0 spiro atoms. The van der Waals surface area contributed by atoms with E-state index in [-0.39, 0.29) is 17.5 Å². The Morgan fingerprint density at radius 3 is 2.51 bits per heavy atom. The number of likely N-dealkylation sites (tertiary alicyclic amines) is 1. The second-order valence-electron chi connectivity index (χ2n) is 9.36. The van der Waals surface area contributed by atoms with Gasteiger partial charge >= 0.3 is 6.09 Å². The minimum atomic E-state index is -2.91. The molecule has 1 saturated heterocycles. The summed E-state index contributed by atoms with van der Waals surface area (Å²) in [5.74, 6) is 0.573. The summed E-state index contributed by atoms with van der Waals surface area (Å²) < 4.78 is 21.5. The summed E-state index contributed by atoms with van der Waals surface area (Å²) in [6, 6.07) is 15.0. The van der Waals surface area contributed by atoms with Crippen molar-refractivity contribution in [2.45, 2.75) is 31.2 Å². The zero-order valence-corrected chi connectivity index (χ0v) is 20.4. The number of pyridine rings is 1. The second kappa shape index (κ2) is 9.14. The summed E-state index contributed by atoms with van der Waals surface area (Å²) in [5.41, 5.74) is 3.17. The van der Waals surface area contributed by atoms with Crippen LogP contribution in [0.15, 0.2) is 53.4 Å². The number of aromatic nitrogens is 1. The van der Waals surface area contributed by atoms with Crippen LogP contribution in [0.4, 0.5) is 10.6 Å². The van der Waals surface area contributed by atoms with E-state index in [9.17, 15) is 23.8 Å². The fraction of sp³-hybridized carbons (Fsp3) is 0.346. The third-order valence-electron chi connectivity index (χ3n) is 7.01. The summed E-state index contributed by atoms with van der Waals surface area (Å²) in [6.07, 6.45) is 0.0398. The molecule has 0 atom stereocenters. The van der Waals surface area contributed by atoms with Gasteiger partial charge in [0.1, 0.15) is 5.82 Å². The molecule has 1 amide bonds. The summed E-state index contributed by atoms with van der Waals surface area (Å²) in [6.45, 7) is 3.53. The summed E-state index contributed by atoms with van der Waals surface area (Å²) in [7, 11) is -2.91. The minimum Gasteiger partial charge on any atom is -0.465 e. The molecule has 3 aromatic rings. The number of Topliss-reactive ketones (excluding diaryl/α,β-unsaturated/α-hetero) is 1. The second-order valence-corrected chi connectivity index (χ2v) is 11.5. The number of fused-ring (bicyclic) bond motifs is 2. The quantitative estimate of drug-likeness (QED) is 0.426. The molecule has 9 heteroatoms. The Hall–Kier alpha value is -3.14. The number of carbonyl (C=O) groups is 2. The van der Waals surface area contributed by atoms with Crippen molar-refractivity contribution in [2.24, 2.45) is 5.92 Å². The predicted octanol–water partition coefficient (Wildman–Crippen LogP) is 5.25. The largest absolute Gasteiger partial charge is 0.465 e. The van der Waals surface area contributed by atoms with Crippen LogP contribution in [0.5, 0.6) is 0 Å². The molecule has 0 radical (unpaired) electrons. The van der Waals surface area contributed by atoms with Gasteiger partial charge in [-0.15, -0.1) is 0 Å². The first kappa shape index (κ1) is 23.6. The summed E-state index contributed by atoms with van der Waals surface area (Å²) in [5, 5.41) is 10.0. The summed E-state index contributed by atoms with van der Waals surface area (Å²) in [4.78, 5) is 33.8. The van der Waals surface area contributed by atoms with E-state index in [4.69, 9.17) is 4.98 Å². The van der Waals surface area contributed by atoms with Crippen LogP contribution in [-0.2, 0) is 6.54 Å². The maximum atomic E-state index is 13.7. The van der Waals surface area contributed by atoms with Gasteiger partial charge in [0, 0.05) is 43.0 Å². The van der Waals surface area contributed by atoms with Crippen molar-refractivity contribution in [3.8, 4) is 0 Å². The number of hydrogen-bond acceptors (Lipinski definition) is 6. The molecular weight excluding hydrogens is 466 g/mol. The monoisotopic (exact) mass is 495 g/mol. The maximum Gasteiger partial charge on any atom is 0.407 e. The standard InChI is InChI=1S/C26H29N3O5S/c1-17-6-7-22-20(14-17)21(25(30)18-8-10-28(11-9-18)26(31)32)15-24(27-22)29-12-13-35(33,34)23-5-3-2-4-19(23)16-29/h2-7,14-15,18,33-34H,8-13,16H2,1H3,(H,31,32). The van der Waals surface area contributed by atoms with Gasteiger partial charge in [-0.2, -0.15) is 10.6 Å². The third kappa shape index (κ3) is 4.59. The molecule has 3 N–H and O–H groups in total. The van der Waals surface area contributed by atoms with Gasteiger partial charge < -0.3 is 14.9 Å². The Labute approximate surface area is 205 Å².